The molecule has 1 rings (SSSR count). The average molecular weight is 249 g/mol. The van der Waals surface area contributed by atoms with Gasteiger partial charge in [-0.05, 0) is 37.1 Å². The number of hydrogen-bond donors (Lipinski definition) is 1. The van der Waals surface area contributed by atoms with Crippen molar-refractivity contribution in [2.75, 3.05) is 20.8 Å². The Kier molecular flexibility index (Phi) is 6.29. The third kappa shape index (κ3) is 4.08. The number of ether oxygens (including phenoxy) is 2. The Morgan fingerprint density at radius 2 is 1.83 bits per heavy atom. The SMILES string of the molecule is C=CCC(NCCC)c1cc(OC)cc(OC)c1. The first-order chi connectivity index (χ1) is 8.74. The van der Waals surface area contributed by atoms with Crippen LogP contribution >= 0.6 is 0 Å². The first-order valence-electron chi connectivity index (χ1n) is 6.32. The maximum absolute atomic E-state index is 5.30. The van der Waals surface area contributed by atoms with Crippen LogP contribution in [0.3, 0.4) is 0 Å². The number of nitrogens with one attached hydrogen (secondary N) is 1. The van der Waals surface area contributed by atoms with Gasteiger partial charge >= 0.3 is 0 Å². The number of hydrogen-bond acceptors (Lipinski definition) is 3. The van der Waals surface area contributed by atoms with Gasteiger partial charge in [0.25, 0.3) is 0 Å². The molecular formula is C15H23NO2. The predicted octanol–water partition coefficient (Wildman–Crippen LogP) is 3.32. The van der Waals surface area contributed by atoms with Crippen LogP contribution in [0.15, 0.2) is 30.9 Å². The maximum Gasteiger partial charge on any atom is 0.122 e. The molecule has 0 aliphatic rings. The Balaban J connectivity index is 2.97. The second kappa shape index (κ2) is 7.77. The molecule has 3 nitrogen and oxygen atoms in total. The van der Waals surface area contributed by atoms with Crippen LogP contribution < -0.4 is 14.8 Å². The Hall–Kier alpha value is -1.48. The zero-order valence-electron chi connectivity index (χ0n) is 11.5. The summed E-state index contributed by atoms with van der Waals surface area (Å²) in [6.07, 6.45) is 3.92. The van der Waals surface area contributed by atoms with Crippen LogP contribution in [-0.4, -0.2) is 20.8 Å². The highest BCUT2D eigenvalue weighted by Gasteiger charge is 2.11. The van der Waals surface area contributed by atoms with Crippen molar-refractivity contribution in [3.05, 3.63) is 36.4 Å². The minimum absolute atomic E-state index is 0.256. The van der Waals surface area contributed by atoms with Crippen molar-refractivity contribution < 1.29 is 9.47 Å². The topological polar surface area (TPSA) is 30.5 Å². The lowest BCUT2D eigenvalue weighted by molar-refractivity contribution is 0.391. The van der Waals surface area contributed by atoms with E-state index in [2.05, 4.69) is 18.8 Å². The highest BCUT2D eigenvalue weighted by molar-refractivity contribution is 5.40. The largest absolute Gasteiger partial charge is 0.497 e. The molecule has 1 atom stereocenters. The van der Waals surface area contributed by atoms with Crippen LogP contribution in [0, 0.1) is 0 Å². The second-order valence-electron chi connectivity index (χ2n) is 4.18. The van der Waals surface area contributed by atoms with Crippen molar-refractivity contribution in [3.63, 3.8) is 0 Å². The summed E-state index contributed by atoms with van der Waals surface area (Å²) in [7, 11) is 3.33. The van der Waals surface area contributed by atoms with Crippen LogP contribution in [0.5, 0.6) is 11.5 Å². The monoisotopic (exact) mass is 249 g/mol. The maximum atomic E-state index is 5.30. The summed E-state index contributed by atoms with van der Waals surface area (Å²) < 4.78 is 10.6. The third-order valence-corrected chi connectivity index (χ3v) is 2.82. The van der Waals surface area contributed by atoms with Crippen LogP contribution in [0.2, 0.25) is 0 Å². The smallest absolute Gasteiger partial charge is 0.122 e. The lowest BCUT2D eigenvalue weighted by Gasteiger charge is -2.19. The second-order valence-corrected chi connectivity index (χ2v) is 4.18. The standard InChI is InChI=1S/C15H23NO2/c1-5-7-15(16-8-6-2)12-9-13(17-3)11-14(10-12)18-4/h5,9-11,15-16H,1,6-8H2,2-4H3. The van der Waals surface area contributed by atoms with E-state index in [1.165, 1.54) is 5.56 Å². The molecule has 0 heterocycles. The van der Waals surface area contributed by atoms with Crippen LogP contribution in [0.4, 0.5) is 0 Å². The van der Waals surface area contributed by atoms with E-state index in [0.717, 1.165) is 30.9 Å². The van der Waals surface area contributed by atoms with Crippen molar-refractivity contribution >= 4 is 0 Å². The van der Waals surface area contributed by atoms with Crippen molar-refractivity contribution in [2.45, 2.75) is 25.8 Å². The number of benzene rings is 1. The molecule has 1 N–H and O–H groups in total. The molecule has 18 heavy (non-hydrogen) atoms. The molecule has 1 unspecified atom stereocenters. The van der Waals surface area contributed by atoms with Crippen LogP contribution in [0.25, 0.3) is 0 Å². The zero-order valence-corrected chi connectivity index (χ0v) is 11.5. The summed E-state index contributed by atoms with van der Waals surface area (Å²) in [5.41, 5.74) is 1.17. The molecular weight excluding hydrogens is 226 g/mol. The van der Waals surface area contributed by atoms with E-state index in [9.17, 15) is 0 Å². The molecule has 3 heteroatoms. The molecule has 0 aliphatic carbocycles. The van der Waals surface area contributed by atoms with Gasteiger partial charge in [-0.25, -0.2) is 0 Å². The van der Waals surface area contributed by atoms with Crippen molar-refractivity contribution in [3.8, 4) is 11.5 Å². The summed E-state index contributed by atoms with van der Waals surface area (Å²) in [5.74, 6) is 1.63. The molecule has 0 saturated heterocycles. The first kappa shape index (κ1) is 14.6. The number of methoxy groups -OCH3 is 2. The summed E-state index contributed by atoms with van der Waals surface area (Å²) in [6.45, 7) is 6.96. The van der Waals surface area contributed by atoms with Crippen molar-refractivity contribution in [1.82, 2.24) is 5.32 Å². The number of rotatable bonds is 8. The average Bonchev–Trinajstić information content (AvgIpc) is 2.42. The van der Waals surface area contributed by atoms with Gasteiger partial charge in [-0.2, -0.15) is 0 Å². The third-order valence-electron chi connectivity index (χ3n) is 2.82. The molecule has 0 bridgehead atoms. The highest BCUT2D eigenvalue weighted by atomic mass is 16.5. The normalized spacial score (nSPS) is 11.9. The Morgan fingerprint density at radius 1 is 1.22 bits per heavy atom. The van der Waals surface area contributed by atoms with E-state index in [1.807, 2.05) is 24.3 Å². The summed E-state index contributed by atoms with van der Waals surface area (Å²) >= 11 is 0. The summed E-state index contributed by atoms with van der Waals surface area (Å²) in [4.78, 5) is 0. The first-order valence-corrected chi connectivity index (χ1v) is 6.32. The quantitative estimate of drug-likeness (QED) is 0.717. The highest BCUT2D eigenvalue weighted by Crippen LogP contribution is 2.28. The van der Waals surface area contributed by atoms with Gasteiger partial charge in [0.15, 0.2) is 0 Å². The Labute approximate surface area is 110 Å². The van der Waals surface area contributed by atoms with E-state index in [0.29, 0.717) is 0 Å². The molecule has 0 aliphatic heterocycles. The molecule has 0 fully saturated rings. The molecule has 0 spiro atoms. The van der Waals surface area contributed by atoms with Gasteiger partial charge in [-0.3, -0.25) is 0 Å². The van der Waals surface area contributed by atoms with Gasteiger partial charge in [-0.15, -0.1) is 6.58 Å². The lowest BCUT2D eigenvalue weighted by atomic mass is 10.0. The van der Waals surface area contributed by atoms with Crippen LogP contribution in [0.1, 0.15) is 31.4 Å². The van der Waals surface area contributed by atoms with Gasteiger partial charge in [-0.1, -0.05) is 13.0 Å². The molecule has 0 amide bonds. The molecule has 1 aromatic carbocycles. The Bertz CT molecular complexity index is 355. The minimum atomic E-state index is 0.256. The molecule has 1 aromatic rings. The molecule has 100 valence electrons. The van der Waals surface area contributed by atoms with Gasteiger partial charge in [0.05, 0.1) is 14.2 Å². The van der Waals surface area contributed by atoms with E-state index in [1.54, 1.807) is 14.2 Å². The minimum Gasteiger partial charge on any atom is -0.497 e. The van der Waals surface area contributed by atoms with E-state index in [4.69, 9.17) is 9.47 Å². The van der Waals surface area contributed by atoms with Crippen LogP contribution in [-0.2, 0) is 0 Å². The lowest BCUT2D eigenvalue weighted by Crippen LogP contribution is -2.21. The zero-order chi connectivity index (χ0) is 13.4. The summed E-state index contributed by atoms with van der Waals surface area (Å²) in [5, 5.41) is 3.51. The molecule has 0 saturated carbocycles. The van der Waals surface area contributed by atoms with Crippen molar-refractivity contribution in [1.29, 1.82) is 0 Å². The fourth-order valence-corrected chi connectivity index (χ4v) is 1.85. The van der Waals surface area contributed by atoms with Crippen molar-refractivity contribution in [2.24, 2.45) is 0 Å². The molecule has 0 aromatic heterocycles. The predicted molar refractivity (Wildman–Crippen MR) is 75.4 cm³/mol. The van der Waals surface area contributed by atoms with E-state index >= 15 is 0 Å². The summed E-state index contributed by atoms with van der Waals surface area (Å²) in [6, 6.07) is 6.22. The van der Waals surface area contributed by atoms with E-state index < -0.39 is 0 Å². The Morgan fingerprint density at radius 3 is 2.28 bits per heavy atom. The fourth-order valence-electron chi connectivity index (χ4n) is 1.85. The van der Waals surface area contributed by atoms with Gasteiger partial charge in [0, 0.05) is 12.1 Å². The molecule has 0 radical (unpaired) electrons. The van der Waals surface area contributed by atoms with Gasteiger partial charge in [0.2, 0.25) is 0 Å². The van der Waals surface area contributed by atoms with Gasteiger partial charge < -0.3 is 14.8 Å². The van der Waals surface area contributed by atoms with E-state index in [-0.39, 0.29) is 6.04 Å². The van der Waals surface area contributed by atoms with Gasteiger partial charge in [0.1, 0.15) is 11.5 Å². The fraction of sp³-hybridized carbons (Fsp3) is 0.467.